The van der Waals surface area contributed by atoms with Gasteiger partial charge in [0.2, 0.25) is 21.8 Å². The van der Waals surface area contributed by atoms with Gasteiger partial charge in [0.15, 0.2) is 0 Å². The molecule has 0 unspecified atom stereocenters. The molecule has 2 rings (SSSR count). The largest absolute Gasteiger partial charge is 0.497 e. The number of carbonyl (C=O) groups is 2. The molecule has 0 aliphatic carbocycles. The number of amides is 2. The fourth-order valence-corrected chi connectivity index (χ4v) is 5.09. The lowest BCUT2D eigenvalue weighted by Crippen LogP contribution is -2.50. The molecular formula is C28H41N3O5S. The molecular weight excluding hydrogens is 490 g/mol. The van der Waals surface area contributed by atoms with Crippen molar-refractivity contribution in [2.45, 2.75) is 72.0 Å². The highest BCUT2D eigenvalue weighted by molar-refractivity contribution is 7.92. The Balaban J connectivity index is 2.23. The summed E-state index contributed by atoms with van der Waals surface area (Å²) in [6.07, 6.45) is 2.81. The summed E-state index contributed by atoms with van der Waals surface area (Å²) in [5.41, 5.74) is 2.49. The van der Waals surface area contributed by atoms with Crippen molar-refractivity contribution in [1.82, 2.24) is 10.2 Å². The second kappa shape index (κ2) is 14.0. The number of carbonyl (C=O) groups excluding carboxylic acids is 2. The van der Waals surface area contributed by atoms with Crippen molar-refractivity contribution < 1.29 is 22.7 Å². The molecule has 0 fully saturated rings. The normalized spacial score (nSPS) is 12.9. The zero-order valence-corrected chi connectivity index (χ0v) is 23.7. The topological polar surface area (TPSA) is 96.0 Å². The van der Waals surface area contributed by atoms with Crippen LogP contribution in [0.1, 0.15) is 57.6 Å². The molecule has 37 heavy (non-hydrogen) atoms. The fraction of sp³-hybridized carbons (Fsp3) is 0.500. The number of methoxy groups -OCH3 is 1. The smallest absolute Gasteiger partial charge is 0.243 e. The molecule has 2 amide bonds. The molecule has 0 saturated heterocycles. The lowest BCUT2D eigenvalue weighted by molar-refractivity contribution is -0.141. The van der Waals surface area contributed by atoms with E-state index in [4.69, 9.17) is 4.74 Å². The van der Waals surface area contributed by atoms with Crippen LogP contribution in [0.3, 0.4) is 0 Å². The first-order chi connectivity index (χ1) is 17.5. The summed E-state index contributed by atoms with van der Waals surface area (Å²) in [5, 5.41) is 3.01. The number of sulfonamides is 1. The summed E-state index contributed by atoms with van der Waals surface area (Å²) in [5.74, 6) is 0.184. The molecule has 2 aromatic carbocycles. The van der Waals surface area contributed by atoms with E-state index < -0.39 is 16.1 Å². The van der Waals surface area contributed by atoms with Crippen LogP contribution in [-0.2, 0) is 26.2 Å². The predicted molar refractivity (Wildman–Crippen MR) is 148 cm³/mol. The van der Waals surface area contributed by atoms with Gasteiger partial charge in [-0.05, 0) is 50.8 Å². The van der Waals surface area contributed by atoms with Crippen LogP contribution in [0.5, 0.6) is 5.75 Å². The van der Waals surface area contributed by atoms with Crippen molar-refractivity contribution in [3.8, 4) is 5.75 Å². The molecule has 2 aromatic rings. The predicted octanol–water partition coefficient (Wildman–Crippen LogP) is 4.27. The van der Waals surface area contributed by atoms with Crippen molar-refractivity contribution in [3.63, 3.8) is 0 Å². The molecule has 0 spiro atoms. The first-order valence-corrected chi connectivity index (χ1v) is 14.6. The first-order valence-electron chi connectivity index (χ1n) is 12.8. The average molecular weight is 532 g/mol. The first kappa shape index (κ1) is 30.2. The number of anilines is 1. The fourth-order valence-electron chi connectivity index (χ4n) is 4.14. The highest BCUT2D eigenvalue weighted by Crippen LogP contribution is 2.24. The van der Waals surface area contributed by atoms with Crippen LogP contribution in [0, 0.1) is 6.92 Å². The second-order valence-electron chi connectivity index (χ2n) is 9.39. The Labute approximate surface area is 222 Å². The van der Waals surface area contributed by atoms with Gasteiger partial charge in [0.05, 0.1) is 19.1 Å². The Bertz CT molecular complexity index is 1150. The minimum atomic E-state index is -3.58. The Morgan fingerprint density at radius 2 is 1.76 bits per heavy atom. The van der Waals surface area contributed by atoms with Gasteiger partial charge in [-0.2, -0.15) is 0 Å². The Morgan fingerprint density at radius 3 is 2.35 bits per heavy atom. The van der Waals surface area contributed by atoms with E-state index in [1.165, 1.54) is 11.4 Å². The van der Waals surface area contributed by atoms with Crippen LogP contribution in [0.25, 0.3) is 0 Å². The molecule has 1 N–H and O–H groups in total. The van der Waals surface area contributed by atoms with E-state index in [0.717, 1.165) is 23.8 Å². The van der Waals surface area contributed by atoms with Crippen LogP contribution < -0.4 is 14.4 Å². The van der Waals surface area contributed by atoms with Crippen LogP contribution in [-0.4, -0.2) is 57.1 Å². The van der Waals surface area contributed by atoms with Gasteiger partial charge in [0.25, 0.3) is 0 Å². The minimum absolute atomic E-state index is 0.00338. The number of rotatable bonds is 14. The summed E-state index contributed by atoms with van der Waals surface area (Å²) in [7, 11) is -2.06. The second-order valence-corrected chi connectivity index (χ2v) is 11.3. The highest BCUT2D eigenvalue weighted by Gasteiger charge is 2.29. The summed E-state index contributed by atoms with van der Waals surface area (Å²) in [4.78, 5) is 28.2. The molecule has 204 valence electrons. The van der Waals surface area contributed by atoms with Crippen molar-refractivity contribution in [1.29, 1.82) is 0 Å². The molecule has 0 heterocycles. The number of benzene rings is 2. The number of nitrogens with one attached hydrogen (secondary N) is 1. The molecule has 0 aliphatic heterocycles. The van der Waals surface area contributed by atoms with E-state index in [1.54, 1.807) is 29.2 Å². The lowest BCUT2D eigenvalue weighted by atomic mass is 10.1. The van der Waals surface area contributed by atoms with E-state index >= 15 is 0 Å². The number of hydrogen-bond acceptors (Lipinski definition) is 5. The number of nitrogens with zero attached hydrogens (tertiary/aromatic N) is 2. The molecule has 9 heteroatoms. The van der Waals surface area contributed by atoms with Gasteiger partial charge in [-0.1, -0.05) is 49.7 Å². The molecule has 0 radical (unpaired) electrons. The highest BCUT2D eigenvalue weighted by atomic mass is 32.2. The zero-order valence-electron chi connectivity index (χ0n) is 22.9. The van der Waals surface area contributed by atoms with Crippen molar-refractivity contribution >= 4 is 27.5 Å². The molecule has 0 aromatic heterocycles. The standard InChI is InChI=1S/C28H41N3O5S/c1-7-22(4)29-28(33)26(8-2)30(20-23-13-9-12-21(3)18-23)27(32)16-11-17-31(37(6,34)35)24-14-10-15-25(19-24)36-5/h9-10,12-15,18-19,22,26H,7-8,11,16-17,20H2,1-6H3,(H,29,33)/t22-,26+/m1/s1. The van der Waals surface area contributed by atoms with Gasteiger partial charge >= 0.3 is 0 Å². The summed E-state index contributed by atoms with van der Waals surface area (Å²) >= 11 is 0. The molecule has 2 atom stereocenters. The number of aryl methyl sites for hydroxylation is 1. The van der Waals surface area contributed by atoms with Crippen LogP contribution in [0.4, 0.5) is 5.69 Å². The van der Waals surface area contributed by atoms with Gasteiger partial charge in [-0.3, -0.25) is 13.9 Å². The molecule has 0 bridgehead atoms. The van der Waals surface area contributed by atoms with Gasteiger partial charge < -0.3 is 15.0 Å². The third-order valence-corrected chi connectivity index (χ3v) is 7.51. The van der Waals surface area contributed by atoms with E-state index in [-0.39, 0.29) is 30.8 Å². The zero-order chi connectivity index (χ0) is 27.6. The Hall–Kier alpha value is -3.07. The summed E-state index contributed by atoms with van der Waals surface area (Å²) in [6, 6.07) is 14.1. The van der Waals surface area contributed by atoms with Crippen LogP contribution in [0.2, 0.25) is 0 Å². The van der Waals surface area contributed by atoms with Crippen LogP contribution >= 0.6 is 0 Å². The quantitative estimate of drug-likeness (QED) is 0.393. The van der Waals surface area contributed by atoms with Crippen molar-refractivity contribution in [2.24, 2.45) is 0 Å². The summed E-state index contributed by atoms with van der Waals surface area (Å²) < 4.78 is 31.6. The SMILES string of the molecule is CC[C@@H](C)NC(=O)[C@H](CC)N(Cc1cccc(C)c1)C(=O)CCCN(c1cccc(OC)c1)S(C)(=O)=O. The minimum Gasteiger partial charge on any atom is -0.497 e. The van der Waals surface area contributed by atoms with Crippen molar-refractivity contribution in [3.05, 3.63) is 59.7 Å². The molecule has 0 aliphatic rings. The van der Waals surface area contributed by atoms with Crippen molar-refractivity contribution in [2.75, 3.05) is 24.2 Å². The van der Waals surface area contributed by atoms with E-state index in [1.807, 2.05) is 52.0 Å². The Kier molecular flexibility index (Phi) is 11.4. The average Bonchev–Trinajstić information content (AvgIpc) is 2.85. The number of ether oxygens (including phenoxy) is 1. The van der Waals surface area contributed by atoms with Gasteiger partial charge in [-0.15, -0.1) is 0 Å². The van der Waals surface area contributed by atoms with Crippen LogP contribution in [0.15, 0.2) is 48.5 Å². The Morgan fingerprint density at radius 1 is 1.05 bits per heavy atom. The van der Waals surface area contributed by atoms with E-state index in [0.29, 0.717) is 30.8 Å². The summed E-state index contributed by atoms with van der Waals surface area (Å²) in [6.45, 7) is 8.25. The monoisotopic (exact) mass is 531 g/mol. The third-order valence-electron chi connectivity index (χ3n) is 6.32. The maximum atomic E-state index is 13.5. The van der Waals surface area contributed by atoms with Gasteiger partial charge in [-0.25, -0.2) is 8.42 Å². The maximum Gasteiger partial charge on any atom is 0.243 e. The third kappa shape index (κ3) is 9.07. The molecule has 0 saturated carbocycles. The van der Waals surface area contributed by atoms with E-state index in [2.05, 4.69) is 5.32 Å². The number of hydrogen-bond donors (Lipinski definition) is 1. The van der Waals surface area contributed by atoms with Gasteiger partial charge in [0.1, 0.15) is 11.8 Å². The maximum absolute atomic E-state index is 13.5. The van der Waals surface area contributed by atoms with E-state index in [9.17, 15) is 18.0 Å². The van der Waals surface area contributed by atoms with Gasteiger partial charge in [0, 0.05) is 31.6 Å². The molecule has 8 nitrogen and oxygen atoms in total. The lowest BCUT2D eigenvalue weighted by Gasteiger charge is -2.32.